The number of carbonyl (C=O) groups is 1. The molecule has 0 radical (unpaired) electrons. The van der Waals surface area contributed by atoms with Gasteiger partial charge in [-0.1, -0.05) is 12.8 Å². The lowest BCUT2D eigenvalue weighted by Crippen LogP contribution is -2.44. The van der Waals surface area contributed by atoms with E-state index in [0.717, 1.165) is 12.8 Å². The summed E-state index contributed by atoms with van der Waals surface area (Å²) in [7, 11) is 0. The lowest BCUT2D eigenvalue weighted by Gasteiger charge is -2.17. The maximum absolute atomic E-state index is 11.8. The maximum Gasteiger partial charge on any atom is 0.220 e. The van der Waals surface area contributed by atoms with E-state index in [0.29, 0.717) is 12.3 Å². The summed E-state index contributed by atoms with van der Waals surface area (Å²) in [6.07, 6.45) is 3.29. The molecule has 6 nitrogen and oxygen atoms in total. The minimum absolute atomic E-state index is 0.00263. The highest BCUT2D eigenvalue weighted by atomic mass is 16.3. The van der Waals surface area contributed by atoms with Gasteiger partial charge in [-0.15, -0.1) is 0 Å². The molecule has 2 fully saturated rings. The Morgan fingerprint density at radius 1 is 1.16 bits per heavy atom. The third-order valence-corrected chi connectivity index (χ3v) is 4.27. The molecule has 0 aromatic rings. The van der Waals surface area contributed by atoms with E-state index in [1.165, 1.54) is 12.8 Å². The van der Waals surface area contributed by atoms with Crippen LogP contribution >= 0.6 is 0 Å². The second-order valence-corrected chi connectivity index (χ2v) is 5.70. The standard InChI is InChI=1S/C13H24N2O4/c16-7-10-13(19)12(18)9(15-10)6-14-11(17)5-8-3-1-2-4-8/h8-10,12-13,15-16,18-19H,1-7H2,(H,14,17)/t9-,10-,12-,13-/m1/s1. The summed E-state index contributed by atoms with van der Waals surface area (Å²) in [6.45, 7) is 0.0467. The van der Waals surface area contributed by atoms with Crippen LogP contribution in [0.4, 0.5) is 0 Å². The fourth-order valence-corrected chi connectivity index (χ4v) is 3.06. The molecule has 19 heavy (non-hydrogen) atoms. The summed E-state index contributed by atoms with van der Waals surface area (Å²) in [5.74, 6) is 0.500. The molecule has 1 saturated carbocycles. The summed E-state index contributed by atoms with van der Waals surface area (Å²) < 4.78 is 0. The zero-order valence-corrected chi connectivity index (χ0v) is 11.1. The zero-order valence-electron chi connectivity index (χ0n) is 11.1. The molecular formula is C13H24N2O4. The first-order chi connectivity index (χ1) is 9.11. The Morgan fingerprint density at radius 3 is 2.37 bits per heavy atom. The topological polar surface area (TPSA) is 102 Å². The second kappa shape index (κ2) is 6.65. The number of aliphatic hydroxyl groups is 3. The van der Waals surface area contributed by atoms with Crippen LogP contribution < -0.4 is 10.6 Å². The predicted molar refractivity (Wildman–Crippen MR) is 69.4 cm³/mol. The summed E-state index contributed by atoms with van der Waals surface area (Å²) in [6, 6.07) is -0.925. The highest BCUT2D eigenvalue weighted by Crippen LogP contribution is 2.27. The molecule has 0 aromatic heterocycles. The van der Waals surface area contributed by atoms with Crippen molar-refractivity contribution in [3.05, 3.63) is 0 Å². The average Bonchev–Trinajstić information content (AvgIpc) is 2.98. The second-order valence-electron chi connectivity index (χ2n) is 5.70. The van der Waals surface area contributed by atoms with Gasteiger partial charge in [0.1, 0.15) is 0 Å². The molecule has 6 heteroatoms. The average molecular weight is 272 g/mol. The van der Waals surface area contributed by atoms with Gasteiger partial charge in [0, 0.05) is 13.0 Å². The van der Waals surface area contributed by atoms with E-state index < -0.39 is 24.3 Å². The molecule has 1 aliphatic heterocycles. The van der Waals surface area contributed by atoms with Crippen molar-refractivity contribution in [1.82, 2.24) is 10.6 Å². The molecular weight excluding hydrogens is 248 g/mol. The van der Waals surface area contributed by atoms with Crippen LogP contribution in [0.5, 0.6) is 0 Å². The summed E-state index contributed by atoms with van der Waals surface area (Å²) in [4.78, 5) is 11.8. The highest BCUT2D eigenvalue weighted by molar-refractivity contribution is 5.76. The molecule has 1 saturated heterocycles. The van der Waals surface area contributed by atoms with E-state index in [4.69, 9.17) is 5.11 Å². The quantitative estimate of drug-likeness (QED) is 0.430. The first kappa shape index (κ1) is 14.7. The maximum atomic E-state index is 11.8. The Balaban J connectivity index is 1.71. The van der Waals surface area contributed by atoms with E-state index in [-0.39, 0.29) is 19.1 Å². The van der Waals surface area contributed by atoms with Crippen LogP contribution in [0.2, 0.25) is 0 Å². The number of rotatable bonds is 5. The van der Waals surface area contributed by atoms with Gasteiger partial charge in [0.2, 0.25) is 5.91 Å². The van der Waals surface area contributed by atoms with Crippen LogP contribution in [0.3, 0.4) is 0 Å². The van der Waals surface area contributed by atoms with Gasteiger partial charge in [-0.3, -0.25) is 4.79 Å². The van der Waals surface area contributed by atoms with Crippen molar-refractivity contribution in [2.45, 2.75) is 56.4 Å². The third kappa shape index (κ3) is 3.66. The van der Waals surface area contributed by atoms with Crippen LogP contribution in [-0.2, 0) is 4.79 Å². The molecule has 0 spiro atoms. The van der Waals surface area contributed by atoms with Crippen LogP contribution in [0.25, 0.3) is 0 Å². The van der Waals surface area contributed by atoms with E-state index in [9.17, 15) is 15.0 Å². The van der Waals surface area contributed by atoms with Crippen molar-refractivity contribution in [3.63, 3.8) is 0 Å². The number of hydrogen-bond acceptors (Lipinski definition) is 5. The molecule has 1 amide bonds. The van der Waals surface area contributed by atoms with Gasteiger partial charge < -0.3 is 26.0 Å². The molecule has 2 rings (SSSR count). The fraction of sp³-hybridized carbons (Fsp3) is 0.923. The van der Waals surface area contributed by atoms with Crippen molar-refractivity contribution in [3.8, 4) is 0 Å². The van der Waals surface area contributed by atoms with Crippen LogP contribution in [0.15, 0.2) is 0 Å². The van der Waals surface area contributed by atoms with Crippen molar-refractivity contribution in [2.75, 3.05) is 13.2 Å². The molecule has 0 unspecified atom stereocenters. The third-order valence-electron chi connectivity index (χ3n) is 4.27. The number of nitrogens with one attached hydrogen (secondary N) is 2. The highest BCUT2D eigenvalue weighted by Gasteiger charge is 2.40. The Labute approximate surface area is 113 Å². The molecule has 0 bridgehead atoms. The zero-order chi connectivity index (χ0) is 13.8. The molecule has 110 valence electrons. The van der Waals surface area contributed by atoms with Crippen LogP contribution in [0.1, 0.15) is 32.1 Å². The van der Waals surface area contributed by atoms with Crippen LogP contribution in [-0.4, -0.2) is 58.7 Å². The smallest absolute Gasteiger partial charge is 0.220 e. The number of hydrogen-bond donors (Lipinski definition) is 5. The first-order valence-electron chi connectivity index (χ1n) is 7.11. The van der Waals surface area contributed by atoms with Gasteiger partial charge in [-0.05, 0) is 18.8 Å². The SMILES string of the molecule is O=C(CC1CCCC1)NC[C@H]1N[C@H](CO)[C@@H](O)[C@@H]1O. The van der Waals surface area contributed by atoms with E-state index in [1.807, 2.05) is 0 Å². The van der Waals surface area contributed by atoms with Gasteiger partial charge in [0.05, 0.1) is 30.9 Å². The lowest BCUT2D eigenvalue weighted by molar-refractivity contribution is -0.122. The van der Waals surface area contributed by atoms with E-state index >= 15 is 0 Å². The minimum atomic E-state index is -0.985. The number of carbonyl (C=O) groups excluding carboxylic acids is 1. The molecule has 5 N–H and O–H groups in total. The van der Waals surface area contributed by atoms with E-state index in [1.54, 1.807) is 0 Å². The van der Waals surface area contributed by atoms with E-state index in [2.05, 4.69) is 10.6 Å². The van der Waals surface area contributed by atoms with Crippen molar-refractivity contribution in [2.24, 2.45) is 5.92 Å². The Kier molecular flexibility index (Phi) is 5.15. The van der Waals surface area contributed by atoms with Gasteiger partial charge >= 0.3 is 0 Å². The first-order valence-corrected chi connectivity index (χ1v) is 7.11. The van der Waals surface area contributed by atoms with Crippen molar-refractivity contribution >= 4 is 5.91 Å². The minimum Gasteiger partial charge on any atom is -0.395 e. The molecule has 1 aliphatic carbocycles. The predicted octanol–water partition coefficient (Wildman–Crippen LogP) is -1.26. The molecule has 0 aromatic carbocycles. The summed E-state index contributed by atoms with van der Waals surface area (Å²) in [5, 5.41) is 34.2. The molecule has 1 heterocycles. The van der Waals surface area contributed by atoms with Crippen molar-refractivity contribution in [1.29, 1.82) is 0 Å². The Bertz CT molecular complexity index is 307. The summed E-state index contributed by atoms with van der Waals surface area (Å²) >= 11 is 0. The molecule has 4 atom stereocenters. The molecule has 2 aliphatic rings. The lowest BCUT2D eigenvalue weighted by atomic mass is 10.0. The number of amides is 1. The fourth-order valence-electron chi connectivity index (χ4n) is 3.06. The van der Waals surface area contributed by atoms with Gasteiger partial charge in [-0.2, -0.15) is 0 Å². The van der Waals surface area contributed by atoms with Gasteiger partial charge in [0.15, 0.2) is 0 Å². The van der Waals surface area contributed by atoms with Crippen molar-refractivity contribution < 1.29 is 20.1 Å². The largest absolute Gasteiger partial charge is 0.395 e. The Hall–Kier alpha value is -0.690. The monoisotopic (exact) mass is 272 g/mol. The Morgan fingerprint density at radius 2 is 1.79 bits per heavy atom. The van der Waals surface area contributed by atoms with Crippen LogP contribution in [0, 0.1) is 5.92 Å². The number of aliphatic hydroxyl groups excluding tert-OH is 3. The van der Waals surface area contributed by atoms with Gasteiger partial charge in [-0.25, -0.2) is 0 Å². The van der Waals surface area contributed by atoms with Gasteiger partial charge in [0.25, 0.3) is 0 Å². The summed E-state index contributed by atoms with van der Waals surface area (Å²) in [5.41, 5.74) is 0. The normalized spacial score (nSPS) is 35.7.